The van der Waals surface area contributed by atoms with Gasteiger partial charge in [0.1, 0.15) is 12.3 Å². The van der Waals surface area contributed by atoms with E-state index in [-0.39, 0.29) is 6.29 Å². The maximum absolute atomic E-state index is 10.9. The Bertz CT molecular complexity index is 195. The Labute approximate surface area is 89.6 Å². The summed E-state index contributed by atoms with van der Waals surface area (Å²) in [6.07, 6.45) is 2.25. The molecule has 1 atom stereocenters. The summed E-state index contributed by atoms with van der Waals surface area (Å²) >= 11 is 0. The molecule has 1 fully saturated rings. The van der Waals surface area contributed by atoms with Gasteiger partial charge in [0.05, 0.1) is 0 Å². The Morgan fingerprint density at radius 2 is 2.13 bits per heavy atom. The standard InChI is InChI=1S/C9H20N4O2/c10-4-2-1-3-7(8(14)15)13-9-11-5-6-12-9/h7,9,11-13H,1-6,10H2,(H,14,15)/t7-/m0/s1. The van der Waals surface area contributed by atoms with Crippen molar-refractivity contribution in [3.05, 3.63) is 0 Å². The lowest BCUT2D eigenvalue weighted by Crippen LogP contribution is -2.52. The molecule has 0 aromatic carbocycles. The number of carboxylic acids is 1. The monoisotopic (exact) mass is 216 g/mol. The zero-order valence-electron chi connectivity index (χ0n) is 8.83. The number of nitrogens with two attached hydrogens (primary N) is 1. The molecule has 0 unspecified atom stereocenters. The summed E-state index contributed by atoms with van der Waals surface area (Å²) in [6.45, 7) is 2.35. The van der Waals surface area contributed by atoms with Gasteiger partial charge >= 0.3 is 5.97 Å². The number of hydrogen-bond acceptors (Lipinski definition) is 5. The van der Waals surface area contributed by atoms with E-state index >= 15 is 0 Å². The number of aliphatic carboxylic acids is 1. The fraction of sp³-hybridized carbons (Fsp3) is 0.889. The van der Waals surface area contributed by atoms with Gasteiger partial charge in [-0.05, 0) is 19.4 Å². The van der Waals surface area contributed by atoms with Crippen LogP contribution in [0.1, 0.15) is 19.3 Å². The SMILES string of the molecule is NCCCC[C@H](NC1NCCN1)C(=O)O. The molecule has 0 radical (unpaired) electrons. The Hall–Kier alpha value is -0.690. The van der Waals surface area contributed by atoms with Crippen LogP contribution < -0.4 is 21.7 Å². The molecule has 6 N–H and O–H groups in total. The number of rotatable bonds is 7. The minimum absolute atomic E-state index is 0.0797. The van der Waals surface area contributed by atoms with E-state index in [9.17, 15) is 4.79 Å². The second-order valence-electron chi connectivity index (χ2n) is 3.68. The van der Waals surface area contributed by atoms with E-state index in [1.807, 2.05) is 0 Å². The van der Waals surface area contributed by atoms with Crippen LogP contribution in [0.2, 0.25) is 0 Å². The second kappa shape index (κ2) is 6.73. The van der Waals surface area contributed by atoms with E-state index in [2.05, 4.69) is 16.0 Å². The fourth-order valence-electron chi connectivity index (χ4n) is 1.60. The van der Waals surface area contributed by atoms with E-state index in [4.69, 9.17) is 10.8 Å². The highest BCUT2D eigenvalue weighted by Gasteiger charge is 2.22. The molecule has 15 heavy (non-hydrogen) atoms. The van der Waals surface area contributed by atoms with Gasteiger partial charge in [-0.3, -0.25) is 20.7 Å². The third-order valence-electron chi connectivity index (χ3n) is 2.43. The van der Waals surface area contributed by atoms with E-state index in [0.717, 1.165) is 25.9 Å². The van der Waals surface area contributed by atoms with Crippen molar-refractivity contribution in [2.75, 3.05) is 19.6 Å². The topological polar surface area (TPSA) is 99.4 Å². The summed E-state index contributed by atoms with van der Waals surface area (Å²) in [5.41, 5.74) is 5.36. The van der Waals surface area contributed by atoms with Crippen molar-refractivity contribution < 1.29 is 9.90 Å². The molecule has 1 saturated heterocycles. The number of hydrogen-bond donors (Lipinski definition) is 5. The summed E-state index contributed by atoms with van der Waals surface area (Å²) < 4.78 is 0. The normalized spacial score (nSPS) is 19.3. The summed E-state index contributed by atoms with van der Waals surface area (Å²) in [6, 6.07) is -0.500. The van der Waals surface area contributed by atoms with Crippen LogP contribution in [-0.4, -0.2) is 43.0 Å². The minimum atomic E-state index is -0.803. The van der Waals surface area contributed by atoms with Crippen LogP contribution >= 0.6 is 0 Å². The molecule has 88 valence electrons. The average Bonchev–Trinajstić information content (AvgIpc) is 2.69. The van der Waals surface area contributed by atoms with Crippen LogP contribution in [0.4, 0.5) is 0 Å². The lowest BCUT2D eigenvalue weighted by atomic mass is 10.1. The maximum Gasteiger partial charge on any atom is 0.320 e. The highest BCUT2D eigenvalue weighted by molar-refractivity contribution is 5.73. The predicted octanol–water partition coefficient (Wildman–Crippen LogP) is -1.37. The molecule has 0 amide bonds. The van der Waals surface area contributed by atoms with E-state index in [1.165, 1.54) is 0 Å². The van der Waals surface area contributed by atoms with Crippen LogP contribution in [-0.2, 0) is 4.79 Å². The minimum Gasteiger partial charge on any atom is -0.480 e. The molecule has 1 aliphatic rings. The maximum atomic E-state index is 10.9. The molecule has 0 spiro atoms. The number of carbonyl (C=O) groups is 1. The smallest absolute Gasteiger partial charge is 0.320 e. The third-order valence-corrected chi connectivity index (χ3v) is 2.43. The first-order chi connectivity index (χ1) is 7.24. The van der Waals surface area contributed by atoms with Crippen LogP contribution in [0.25, 0.3) is 0 Å². The van der Waals surface area contributed by atoms with Crippen LogP contribution in [0.5, 0.6) is 0 Å². The van der Waals surface area contributed by atoms with Gasteiger partial charge in [0, 0.05) is 13.1 Å². The van der Waals surface area contributed by atoms with Crippen molar-refractivity contribution in [1.29, 1.82) is 0 Å². The molecule has 1 aliphatic heterocycles. The van der Waals surface area contributed by atoms with E-state index < -0.39 is 12.0 Å². The van der Waals surface area contributed by atoms with Crippen molar-refractivity contribution >= 4 is 5.97 Å². The number of carboxylic acid groups (broad SMARTS) is 1. The summed E-state index contributed by atoms with van der Waals surface area (Å²) in [4.78, 5) is 10.9. The lowest BCUT2D eigenvalue weighted by molar-refractivity contribution is -0.140. The van der Waals surface area contributed by atoms with Gasteiger partial charge < -0.3 is 10.8 Å². The highest BCUT2D eigenvalue weighted by Crippen LogP contribution is 2.01. The van der Waals surface area contributed by atoms with Gasteiger partial charge in [-0.15, -0.1) is 0 Å². The first kappa shape index (κ1) is 12.4. The quantitative estimate of drug-likeness (QED) is 0.337. The fourth-order valence-corrected chi connectivity index (χ4v) is 1.60. The Kier molecular flexibility index (Phi) is 5.56. The Morgan fingerprint density at radius 1 is 1.47 bits per heavy atom. The summed E-state index contributed by atoms with van der Waals surface area (Å²) in [5.74, 6) is -0.803. The molecule has 0 bridgehead atoms. The zero-order valence-corrected chi connectivity index (χ0v) is 8.83. The Balaban J connectivity index is 2.26. The van der Waals surface area contributed by atoms with Gasteiger partial charge in [0.15, 0.2) is 0 Å². The van der Waals surface area contributed by atoms with Crippen LogP contribution in [0, 0.1) is 0 Å². The number of unbranched alkanes of at least 4 members (excludes halogenated alkanes) is 1. The number of nitrogens with one attached hydrogen (secondary N) is 3. The van der Waals surface area contributed by atoms with Gasteiger partial charge in [-0.1, -0.05) is 6.42 Å². The van der Waals surface area contributed by atoms with Crippen molar-refractivity contribution in [1.82, 2.24) is 16.0 Å². The van der Waals surface area contributed by atoms with Gasteiger partial charge in [0.25, 0.3) is 0 Å². The first-order valence-electron chi connectivity index (χ1n) is 5.39. The van der Waals surface area contributed by atoms with E-state index in [1.54, 1.807) is 0 Å². The molecule has 0 aliphatic carbocycles. The molecular weight excluding hydrogens is 196 g/mol. The van der Waals surface area contributed by atoms with Crippen molar-refractivity contribution in [2.24, 2.45) is 5.73 Å². The Morgan fingerprint density at radius 3 is 2.67 bits per heavy atom. The molecule has 0 saturated carbocycles. The lowest BCUT2D eigenvalue weighted by Gasteiger charge is -2.19. The van der Waals surface area contributed by atoms with Crippen molar-refractivity contribution in [2.45, 2.75) is 31.6 Å². The average molecular weight is 216 g/mol. The van der Waals surface area contributed by atoms with Crippen LogP contribution in [0.3, 0.4) is 0 Å². The molecule has 1 heterocycles. The van der Waals surface area contributed by atoms with Gasteiger partial charge in [0.2, 0.25) is 0 Å². The molecule has 0 aromatic rings. The predicted molar refractivity (Wildman–Crippen MR) is 57.3 cm³/mol. The molecule has 0 aromatic heterocycles. The molecule has 6 nitrogen and oxygen atoms in total. The summed E-state index contributed by atoms with van der Waals surface area (Å²) in [7, 11) is 0. The molecule has 1 rings (SSSR count). The molecule has 6 heteroatoms. The zero-order chi connectivity index (χ0) is 11.1. The van der Waals surface area contributed by atoms with Gasteiger partial charge in [-0.25, -0.2) is 0 Å². The van der Waals surface area contributed by atoms with Crippen LogP contribution in [0.15, 0.2) is 0 Å². The van der Waals surface area contributed by atoms with Gasteiger partial charge in [-0.2, -0.15) is 0 Å². The molecular formula is C9H20N4O2. The summed E-state index contributed by atoms with van der Waals surface area (Å²) in [5, 5.41) is 18.2. The van der Waals surface area contributed by atoms with Crippen molar-refractivity contribution in [3.63, 3.8) is 0 Å². The largest absolute Gasteiger partial charge is 0.480 e. The first-order valence-corrected chi connectivity index (χ1v) is 5.39. The van der Waals surface area contributed by atoms with Crippen molar-refractivity contribution in [3.8, 4) is 0 Å². The highest BCUT2D eigenvalue weighted by atomic mass is 16.4. The third kappa shape index (κ3) is 4.57. The second-order valence-corrected chi connectivity index (χ2v) is 3.68. The van der Waals surface area contributed by atoms with E-state index in [0.29, 0.717) is 13.0 Å².